The fourth-order valence-electron chi connectivity index (χ4n) is 7.88. The lowest BCUT2D eigenvalue weighted by Gasteiger charge is -2.43. The third-order valence-electron chi connectivity index (χ3n) is 9.24. The van der Waals surface area contributed by atoms with Crippen LogP contribution in [-0.2, 0) is 0 Å². The first-order valence-electron chi connectivity index (χ1n) is 14.3. The van der Waals surface area contributed by atoms with Gasteiger partial charge in [0, 0.05) is 6.92 Å². The number of benzene rings is 6. The molecule has 3 heteroatoms. The minimum Gasteiger partial charge on any atom is -0.264 e. The van der Waals surface area contributed by atoms with Crippen LogP contribution in [0.25, 0.3) is 0 Å². The average molecular weight is 564 g/mol. The Morgan fingerprint density at radius 2 is 0.634 bits per heavy atom. The van der Waals surface area contributed by atoms with Gasteiger partial charge in [-0.3, -0.25) is 4.90 Å². The van der Waals surface area contributed by atoms with E-state index >= 15 is 0 Å². The first-order valence-corrected chi connectivity index (χ1v) is 17.8. The van der Waals surface area contributed by atoms with Crippen LogP contribution in [0, 0.1) is 0 Å². The van der Waals surface area contributed by atoms with Gasteiger partial charge >= 0.3 is 0 Å². The highest BCUT2D eigenvalue weighted by molar-refractivity contribution is 8.13. The molecule has 2 aliphatic rings. The number of hydrogen-bond donors (Lipinski definition) is 0. The highest BCUT2D eigenvalue weighted by atomic mass is 31.2. The molecule has 0 N–H and O–H groups in total. The first-order chi connectivity index (χ1) is 20.3. The van der Waals surface area contributed by atoms with Crippen LogP contribution in [0.1, 0.15) is 6.92 Å². The zero-order valence-corrected chi connectivity index (χ0v) is 24.8. The summed E-state index contributed by atoms with van der Waals surface area (Å²) in [5.74, 6) is 0. The number of fused-ring (bicyclic) bond motifs is 5. The topological polar surface area (TPSA) is 3.24 Å². The van der Waals surface area contributed by atoms with Crippen molar-refractivity contribution in [3.63, 3.8) is 0 Å². The van der Waals surface area contributed by atoms with Gasteiger partial charge < -0.3 is 0 Å². The first kappa shape index (κ1) is 24.8. The van der Waals surface area contributed by atoms with E-state index in [0.29, 0.717) is 0 Å². The molecule has 0 saturated heterocycles. The van der Waals surface area contributed by atoms with Gasteiger partial charge in [-0.25, -0.2) is 0 Å². The molecule has 6 aromatic rings. The number of hydrogen-bond acceptors (Lipinski definition) is 1. The molecule has 2 heterocycles. The highest BCUT2D eigenvalue weighted by Crippen LogP contribution is 2.91. The summed E-state index contributed by atoms with van der Waals surface area (Å²) >= 11 is 0. The molecule has 0 radical (unpaired) electrons. The van der Waals surface area contributed by atoms with E-state index in [1.165, 1.54) is 43.2 Å². The van der Waals surface area contributed by atoms with Gasteiger partial charge in [0.1, 0.15) is 31.8 Å². The second-order valence-corrected chi connectivity index (χ2v) is 18.8. The molecular weight excluding hydrogens is 532 g/mol. The van der Waals surface area contributed by atoms with Crippen LogP contribution in [-0.4, -0.2) is 5.02 Å². The molecule has 196 valence electrons. The van der Waals surface area contributed by atoms with Crippen molar-refractivity contribution in [3.8, 4) is 0 Å². The summed E-state index contributed by atoms with van der Waals surface area (Å²) in [6.45, 7) is 2.62. The maximum Gasteiger partial charge on any atom is 0.279 e. The lowest BCUT2D eigenvalue weighted by molar-refractivity contribution is 0.902. The van der Waals surface area contributed by atoms with Gasteiger partial charge in [0.05, 0.1) is 11.4 Å². The summed E-state index contributed by atoms with van der Waals surface area (Å²) in [4.78, 5) is 2.78. The Hall–Kier alpha value is -4.02. The Kier molecular flexibility index (Phi) is 5.59. The SMILES string of the molecule is CC12N(c3ccccc3[P+]1(c1ccccc1)c1ccccc1)c1ccccc1[P+]2(c1ccccc1)c1ccccc1. The zero-order chi connectivity index (χ0) is 27.5. The lowest BCUT2D eigenvalue weighted by Crippen LogP contribution is -2.52. The van der Waals surface area contributed by atoms with E-state index in [4.69, 9.17) is 0 Å². The molecule has 0 aromatic heterocycles. The van der Waals surface area contributed by atoms with Crippen molar-refractivity contribution in [2.24, 2.45) is 0 Å². The van der Waals surface area contributed by atoms with E-state index in [-0.39, 0.29) is 5.02 Å². The third kappa shape index (κ3) is 2.98. The van der Waals surface area contributed by atoms with Crippen LogP contribution >= 0.6 is 14.5 Å². The Balaban J connectivity index is 1.66. The zero-order valence-electron chi connectivity index (χ0n) is 23.0. The highest BCUT2D eigenvalue weighted by Gasteiger charge is 2.86. The minimum absolute atomic E-state index is 0.279. The molecule has 0 aliphatic carbocycles. The Labute approximate surface area is 243 Å². The fraction of sp³-hybridized carbons (Fsp3) is 0.0526. The molecule has 0 unspecified atom stereocenters. The van der Waals surface area contributed by atoms with Crippen LogP contribution < -0.4 is 36.7 Å². The van der Waals surface area contributed by atoms with Gasteiger partial charge in [0.25, 0.3) is 5.02 Å². The van der Waals surface area contributed by atoms with Crippen molar-refractivity contribution < 1.29 is 0 Å². The number of para-hydroxylation sites is 2. The predicted octanol–water partition coefficient (Wildman–Crippen LogP) is 7.11. The van der Waals surface area contributed by atoms with E-state index in [2.05, 4.69) is 182 Å². The predicted molar refractivity (Wildman–Crippen MR) is 181 cm³/mol. The average Bonchev–Trinajstić information content (AvgIpc) is 3.44. The van der Waals surface area contributed by atoms with Crippen LogP contribution in [0.15, 0.2) is 170 Å². The van der Waals surface area contributed by atoms with Crippen LogP contribution in [0.3, 0.4) is 0 Å². The van der Waals surface area contributed by atoms with Crippen molar-refractivity contribution in [2.75, 3.05) is 4.90 Å². The molecule has 0 spiro atoms. The number of nitrogens with zero attached hydrogens (tertiary/aromatic N) is 1. The standard InChI is InChI=1S/C38H31NP2/c1-38-39(34-26-14-16-28-36(34)40(38,30-18-6-2-7-19-30)31-20-8-3-9-21-31)35-27-15-17-29-37(35)41(38,32-22-10-4-11-23-32)33-24-12-5-13-25-33/h2-29H,1H3/q+2. The van der Waals surface area contributed by atoms with Crippen LogP contribution in [0.5, 0.6) is 0 Å². The quantitative estimate of drug-likeness (QED) is 0.207. The Morgan fingerprint density at radius 1 is 0.366 bits per heavy atom. The van der Waals surface area contributed by atoms with E-state index in [0.717, 1.165) is 0 Å². The van der Waals surface area contributed by atoms with Crippen LogP contribution in [0.4, 0.5) is 11.4 Å². The summed E-state index contributed by atoms with van der Waals surface area (Å²) in [7, 11) is -4.63. The van der Waals surface area contributed by atoms with Gasteiger partial charge in [-0.2, -0.15) is 0 Å². The van der Waals surface area contributed by atoms with Gasteiger partial charge in [0.15, 0.2) is 14.5 Å². The molecule has 0 saturated carbocycles. The van der Waals surface area contributed by atoms with Gasteiger partial charge in [-0.15, -0.1) is 0 Å². The molecule has 41 heavy (non-hydrogen) atoms. The Bertz CT molecular complexity index is 1640. The number of anilines is 2. The third-order valence-corrected chi connectivity index (χ3v) is 20.5. The summed E-state index contributed by atoms with van der Waals surface area (Å²) in [6.07, 6.45) is 0. The second kappa shape index (κ2) is 9.25. The van der Waals surface area contributed by atoms with Crippen molar-refractivity contribution in [2.45, 2.75) is 11.9 Å². The second-order valence-electron chi connectivity index (χ2n) is 11.0. The van der Waals surface area contributed by atoms with Gasteiger partial charge in [0.2, 0.25) is 0 Å². The van der Waals surface area contributed by atoms with E-state index < -0.39 is 14.5 Å². The van der Waals surface area contributed by atoms with Crippen molar-refractivity contribution in [3.05, 3.63) is 170 Å². The molecule has 8 rings (SSSR count). The maximum atomic E-state index is 2.78. The molecule has 0 bridgehead atoms. The van der Waals surface area contributed by atoms with Gasteiger partial charge in [-0.1, -0.05) is 97.1 Å². The molecule has 1 nitrogen and oxygen atoms in total. The summed E-state index contributed by atoms with van der Waals surface area (Å²) in [5, 5.41) is 8.43. The van der Waals surface area contributed by atoms with E-state index in [1.807, 2.05) is 0 Å². The minimum atomic E-state index is -2.32. The lowest BCUT2D eigenvalue weighted by atomic mass is 10.2. The van der Waals surface area contributed by atoms with E-state index in [1.54, 1.807) is 0 Å². The van der Waals surface area contributed by atoms with Crippen molar-refractivity contribution in [1.82, 2.24) is 0 Å². The molecule has 0 fully saturated rings. The molecular formula is C38H31NP2+2. The molecule has 6 aromatic carbocycles. The van der Waals surface area contributed by atoms with Crippen molar-refractivity contribution in [1.29, 1.82) is 0 Å². The van der Waals surface area contributed by atoms with Gasteiger partial charge in [-0.05, 0) is 72.8 Å². The Morgan fingerprint density at radius 3 is 0.951 bits per heavy atom. The maximum absolute atomic E-state index is 2.78. The number of rotatable bonds is 4. The molecule has 0 atom stereocenters. The summed E-state index contributed by atoms with van der Waals surface area (Å²) in [5.41, 5.74) is 2.69. The van der Waals surface area contributed by atoms with Crippen molar-refractivity contribution >= 4 is 57.7 Å². The summed E-state index contributed by atoms with van der Waals surface area (Å²) < 4.78 is 0. The normalized spacial score (nSPS) is 17.0. The molecule has 0 amide bonds. The smallest absolute Gasteiger partial charge is 0.264 e. The monoisotopic (exact) mass is 563 g/mol. The van der Waals surface area contributed by atoms with E-state index in [9.17, 15) is 0 Å². The fourth-order valence-corrected chi connectivity index (χ4v) is 21.5. The molecule has 2 aliphatic heterocycles. The summed E-state index contributed by atoms with van der Waals surface area (Å²) in [6, 6.07) is 64.3. The van der Waals surface area contributed by atoms with Crippen LogP contribution in [0.2, 0.25) is 0 Å². The largest absolute Gasteiger partial charge is 0.279 e.